The zero-order chi connectivity index (χ0) is 21.3. The summed E-state index contributed by atoms with van der Waals surface area (Å²) in [6, 6.07) is 2.00. The lowest BCUT2D eigenvalue weighted by molar-refractivity contribution is -0.126. The van der Waals surface area contributed by atoms with E-state index in [1.165, 1.54) is 0 Å². The number of allylic oxidation sites excluding steroid dienone is 2. The minimum atomic E-state index is -0.522. The van der Waals surface area contributed by atoms with Crippen molar-refractivity contribution in [3.63, 3.8) is 0 Å². The van der Waals surface area contributed by atoms with E-state index in [0.717, 1.165) is 24.8 Å². The van der Waals surface area contributed by atoms with Crippen LogP contribution in [0.25, 0.3) is 0 Å². The second-order valence-corrected chi connectivity index (χ2v) is 8.05. The van der Waals surface area contributed by atoms with Crippen LogP contribution in [0, 0.1) is 17.2 Å². The third-order valence-corrected chi connectivity index (χ3v) is 6.04. The fourth-order valence-electron chi connectivity index (χ4n) is 4.26. The molecular formula is C22H38N4O2. The number of likely N-dealkylation sites (N-methyl/N-ethyl adjacent to an activating group) is 1. The molecule has 0 spiro atoms. The van der Waals surface area contributed by atoms with Crippen molar-refractivity contribution in [1.82, 2.24) is 10.2 Å². The van der Waals surface area contributed by atoms with Crippen LogP contribution in [-0.2, 0) is 9.53 Å². The van der Waals surface area contributed by atoms with E-state index in [9.17, 15) is 10.1 Å². The van der Waals surface area contributed by atoms with Crippen molar-refractivity contribution in [2.24, 2.45) is 11.7 Å². The highest BCUT2D eigenvalue weighted by atomic mass is 16.5. The molecule has 1 rings (SSSR count). The summed E-state index contributed by atoms with van der Waals surface area (Å²) in [4.78, 5) is 14.9. The summed E-state index contributed by atoms with van der Waals surface area (Å²) >= 11 is 0. The number of nitrogens with zero attached hydrogens (tertiary/aromatic N) is 2. The van der Waals surface area contributed by atoms with Crippen LogP contribution in [0.4, 0.5) is 0 Å². The zero-order valence-corrected chi connectivity index (χ0v) is 18.4. The highest BCUT2D eigenvalue weighted by molar-refractivity contribution is 5.76. The Kier molecular flexibility index (Phi) is 9.71. The lowest BCUT2D eigenvalue weighted by Crippen LogP contribution is -2.62. The third-order valence-electron chi connectivity index (χ3n) is 6.04. The topological polar surface area (TPSA) is 91.4 Å². The van der Waals surface area contributed by atoms with E-state index in [-0.39, 0.29) is 30.0 Å². The summed E-state index contributed by atoms with van der Waals surface area (Å²) in [5.41, 5.74) is 6.00. The minimum absolute atomic E-state index is 0.00699. The van der Waals surface area contributed by atoms with E-state index in [1.54, 1.807) is 13.3 Å². The van der Waals surface area contributed by atoms with Crippen molar-refractivity contribution >= 4 is 5.91 Å². The number of ether oxygens (including phenoxy) is 1. The summed E-state index contributed by atoms with van der Waals surface area (Å²) in [7, 11) is 3.68. The SMILES string of the molecule is C/C=C\[C@@H]1C[C@H](C#N)N(C)[C@H]1[C@@H](NC(=O)CC/C(C)=C/N)C(C)(CCC)OC. The average Bonchev–Trinajstić information content (AvgIpc) is 2.99. The van der Waals surface area contributed by atoms with E-state index in [4.69, 9.17) is 10.5 Å². The Hall–Kier alpha value is -1.84. The van der Waals surface area contributed by atoms with Gasteiger partial charge in [-0.2, -0.15) is 5.26 Å². The first-order chi connectivity index (χ1) is 13.3. The van der Waals surface area contributed by atoms with Crippen LogP contribution in [0.1, 0.15) is 59.8 Å². The van der Waals surface area contributed by atoms with Gasteiger partial charge in [0.1, 0.15) is 0 Å². The highest BCUT2D eigenvalue weighted by Crippen LogP contribution is 2.37. The molecule has 1 heterocycles. The maximum Gasteiger partial charge on any atom is 0.220 e. The third kappa shape index (κ3) is 5.83. The Balaban J connectivity index is 3.21. The molecule has 1 saturated heterocycles. The van der Waals surface area contributed by atoms with Crippen molar-refractivity contribution in [2.45, 2.75) is 83.5 Å². The van der Waals surface area contributed by atoms with Gasteiger partial charge in [0, 0.05) is 19.6 Å². The maximum absolute atomic E-state index is 12.8. The molecule has 0 saturated carbocycles. The largest absolute Gasteiger partial charge is 0.405 e. The monoisotopic (exact) mass is 390 g/mol. The van der Waals surface area contributed by atoms with E-state index in [1.807, 2.05) is 27.0 Å². The van der Waals surface area contributed by atoms with Crippen LogP contribution >= 0.6 is 0 Å². The van der Waals surface area contributed by atoms with Gasteiger partial charge in [-0.15, -0.1) is 0 Å². The summed E-state index contributed by atoms with van der Waals surface area (Å²) in [6.07, 6.45) is 9.27. The van der Waals surface area contributed by atoms with Gasteiger partial charge in [-0.1, -0.05) is 31.1 Å². The molecule has 28 heavy (non-hydrogen) atoms. The van der Waals surface area contributed by atoms with Gasteiger partial charge in [0.05, 0.1) is 23.8 Å². The molecule has 158 valence electrons. The number of hydrogen-bond donors (Lipinski definition) is 2. The molecule has 0 aromatic carbocycles. The number of hydrogen-bond acceptors (Lipinski definition) is 5. The number of nitriles is 1. The maximum atomic E-state index is 12.8. The van der Waals surface area contributed by atoms with E-state index in [0.29, 0.717) is 12.8 Å². The number of nitrogens with two attached hydrogens (primary N) is 1. The van der Waals surface area contributed by atoms with Crippen molar-refractivity contribution in [2.75, 3.05) is 14.2 Å². The van der Waals surface area contributed by atoms with Gasteiger partial charge in [0.2, 0.25) is 5.91 Å². The number of methoxy groups -OCH3 is 1. The standard InChI is InChI=1S/C22H38N4O2/c1-7-9-17-13-18(15-24)26(5)20(17)21(22(4,28-6)12-8-2)25-19(27)11-10-16(3)14-23/h7,9,14,17-18,20-21H,8,10-13,23H2,1-6H3,(H,25,27)/b9-7-,16-14+/t17-,18-,20-,21-,22?/m1/s1. The fraction of sp³-hybridized carbons (Fsp3) is 0.727. The predicted molar refractivity (Wildman–Crippen MR) is 113 cm³/mol. The fourth-order valence-corrected chi connectivity index (χ4v) is 4.26. The average molecular weight is 391 g/mol. The Morgan fingerprint density at radius 2 is 2.18 bits per heavy atom. The molecule has 1 fully saturated rings. The second kappa shape index (κ2) is 11.2. The van der Waals surface area contributed by atoms with Gasteiger partial charge in [-0.3, -0.25) is 9.69 Å². The lowest BCUT2D eigenvalue weighted by atomic mass is 9.80. The second-order valence-electron chi connectivity index (χ2n) is 8.05. The molecule has 0 radical (unpaired) electrons. The van der Waals surface area contributed by atoms with Gasteiger partial charge < -0.3 is 15.8 Å². The summed E-state index contributed by atoms with van der Waals surface area (Å²) < 4.78 is 5.96. The zero-order valence-electron chi connectivity index (χ0n) is 18.4. The molecule has 0 aliphatic carbocycles. The minimum Gasteiger partial charge on any atom is -0.405 e. The number of nitrogens with one attached hydrogen (secondary N) is 1. The first kappa shape index (κ1) is 24.2. The molecule has 0 aromatic rings. The Bertz CT molecular complexity index is 610. The molecule has 1 aliphatic rings. The van der Waals surface area contributed by atoms with Crippen molar-refractivity contribution in [1.29, 1.82) is 5.26 Å². The molecular weight excluding hydrogens is 352 g/mol. The summed E-state index contributed by atoms with van der Waals surface area (Å²) in [5, 5.41) is 12.8. The number of rotatable bonds is 10. The summed E-state index contributed by atoms with van der Waals surface area (Å²) in [5.74, 6) is 0.167. The number of carbonyl (C=O) groups excluding carboxylic acids is 1. The molecule has 0 aromatic heterocycles. The van der Waals surface area contributed by atoms with Crippen LogP contribution < -0.4 is 11.1 Å². The first-order valence-electron chi connectivity index (χ1n) is 10.2. The molecule has 6 nitrogen and oxygen atoms in total. The Labute approximate surface area is 170 Å². The molecule has 1 amide bonds. The van der Waals surface area contributed by atoms with Gasteiger partial charge in [0.15, 0.2) is 0 Å². The van der Waals surface area contributed by atoms with Crippen LogP contribution in [0.2, 0.25) is 0 Å². The van der Waals surface area contributed by atoms with E-state index in [2.05, 4.69) is 36.2 Å². The Morgan fingerprint density at radius 1 is 1.50 bits per heavy atom. The molecule has 0 bridgehead atoms. The van der Waals surface area contributed by atoms with Crippen LogP contribution in [-0.4, -0.2) is 48.7 Å². The Morgan fingerprint density at radius 3 is 2.68 bits per heavy atom. The number of amides is 1. The van der Waals surface area contributed by atoms with Crippen LogP contribution in [0.3, 0.4) is 0 Å². The van der Waals surface area contributed by atoms with Crippen LogP contribution in [0.5, 0.6) is 0 Å². The highest BCUT2D eigenvalue weighted by Gasteiger charge is 2.49. The van der Waals surface area contributed by atoms with E-state index < -0.39 is 5.60 Å². The molecule has 3 N–H and O–H groups in total. The van der Waals surface area contributed by atoms with Gasteiger partial charge in [-0.25, -0.2) is 0 Å². The molecule has 1 aliphatic heterocycles. The number of likely N-dealkylation sites (tertiary alicyclic amines) is 1. The first-order valence-corrected chi connectivity index (χ1v) is 10.2. The lowest BCUT2D eigenvalue weighted by Gasteiger charge is -2.44. The van der Waals surface area contributed by atoms with Gasteiger partial charge in [-0.05, 0) is 59.2 Å². The van der Waals surface area contributed by atoms with Gasteiger partial charge in [0.25, 0.3) is 0 Å². The van der Waals surface area contributed by atoms with Crippen molar-refractivity contribution in [3.8, 4) is 6.07 Å². The van der Waals surface area contributed by atoms with Gasteiger partial charge >= 0.3 is 0 Å². The quantitative estimate of drug-likeness (QED) is 0.559. The van der Waals surface area contributed by atoms with Crippen LogP contribution in [0.15, 0.2) is 23.9 Å². The number of carbonyl (C=O) groups is 1. The smallest absolute Gasteiger partial charge is 0.220 e. The molecule has 5 atom stereocenters. The predicted octanol–water partition coefficient (Wildman–Crippen LogP) is 3.11. The van der Waals surface area contributed by atoms with Crippen molar-refractivity contribution in [3.05, 3.63) is 23.9 Å². The molecule has 1 unspecified atom stereocenters. The normalized spacial score (nSPS) is 26.8. The van der Waals surface area contributed by atoms with E-state index >= 15 is 0 Å². The summed E-state index contributed by atoms with van der Waals surface area (Å²) in [6.45, 7) is 8.09. The molecule has 6 heteroatoms. The van der Waals surface area contributed by atoms with Crippen molar-refractivity contribution < 1.29 is 9.53 Å².